The number of ether oxygens (including phenoxy) is 1. The molecule has 0 fully saturated rings. The first-order valence-electron chi connectivity index (χ1n) is 11.7. The minimum Gasteiger partial charge on any atom is -0.476 e. The highest BCUT2D eigenvalue weighted by molar-refractivity contribution is 6.05. The number of carbonyl (C=O) groups is 3. The van der Waals surface area contributed by atoms with Crippen molar-refractivity contribution < 1.29 is 19.1 Å². The summed E-state index contributed by atoms with van der Waals surface area (Å²) in [7, 11) is 0. The summed E-state index contributed by atoms with van der Waals surface area (Å²) in [6.07, 6.45) is 1.71. The summed E-state index contributed by atoms with van der Waals surface area (Å²) in [5, 5.41) is 2.78. The van der Waals surface area contributed by atoms with Gasteiger partial charge in [-0.2, -0.15) is 0 Å². The van der Waals surface area contributed by atoms with E-state index < -0.39 is 5.60 Å². The van der Waals surface area contributed by atoms with Crippen LogP contribution in [0, 0.1) is 6.92 Å². The van der Waals surface area contributed by atoms with E-state index in [2.05, 4.69) is 19.2 Å². The monoisotopic (exact) mass is 445 g/mol. The van der Waals surface area contributed by atoms with Crippen molar-refractivity contribution in [3.63, 3.8) is 0 Å². The third-order valence-electron chi connectivity index (χ3n) is 5.97. The number of carbonyl (C=O) groups excluding carboxylic acids is 3. The molecule has 0 saturated carbocycles. The van der Waals surface area contributed by atoms with Gasteiger partial charge < -0.3 is 19.9 Å². The number of rotatable bonds is 9. The number of hydrogen-bond donors (Lipinski definition) is 1. The third kappa shape index (κ3) is 5.43. The first-order valence-corrected chi connectivity index (χ1v) is 11.7. The average Bonchev–Trinajstić information content (AvgIpc) is 2.70. The molecule has 3 amide bonds. The van der Waals surface area contributed by atoms with Crippen LogP contribution in [0.2, 0.25) is 0 Å². The molecule has 0 aromatic heterocycles. The Hall–Kier alpha value is -2.57. The van der Waals surface area contributed by atoms with E-state index in [-0.39, 0.29) is 29.8 Å². The van der Waals surface area contributed by atoms with E-state index in [4.69, 9.17) is 4.74 Å². The Morgan fingerprint density at radius 1 is 1.19 bits per heavy atom. The lowest BCUT2D eigenvalue weighted by molar-refractivity contribution is -0.132. The van der Waals surface area contributed by atoms with Gasteiger partial charge in [-0.3, -0.25) is 14.4 Å². The third-order valence-corrected chi connectivity index (χ3v) is 5.97. The Bertz CT molecular complexity index is 863. The highest BCUT2D eigenvalue weighted by Gasteiger charge is 2.41. The Labute approximate surface area is 192 Å². The Balaban J connectivity index is 2.44. The number of aryl methyl sites for hydroxylation is 1. The van der Waals surface area contributed by atoms with E-state index in [9.17, 15) is 14.4 Å². The Kier molecular flexibility index (Phi) is 8.32. The number of nitrogens with one attached hydrogen (secondary N) is 1. The number of hydrogen-bond acceptors (Lipinski definition) is 4. The van der Waals surface area contributed by atoms with Crippen LogP contribution in [0.5, 0.6) is 5.75 Å². The molecule has 1 aliphatic rings. The van der Waals surface area contributed by atoms with Crippen molar-refractivity contribution in [3.05, 3.63) is 23.3 Å². The van der Waals surface area contributed by atoms with Crippen molar-refractivity contribution in [1.29, 1.82) is 0 Å². The fraction of sp³-hybridized carbons (Fsp3) is 0.640. The van der Waals surface area contributed by atoms with Gasteiger partial charge in [0, 0.05) is 37.2 Å². The van der Waals surface area contributed by atoms with Crippen LogP contribution < -0.4 is 15.0 Å². The van der Waals surface area contributed by atoms with Gasteiger partial charge in [0.05, 0.1) is 5.69 Å². The molecular weight excluding hydrogens is 406 g/mol. The van der Waals surface area contributed by atoms with Crippen LogP contribution in [0.3, 0.4) is 0 Å². The van der Waals surface area contributed by atoms with Crippen molar-refractivity contribution in [3.8, 4) is 5.75 Å². The minimum absolute atomic E-state index is 0.0337. The second kappa shape index (κ2) is 10.4. The highest BCUT2D eigenvalue weighted by Crippen LogP contribution is 2.40. The summed E-state index contributed by atoms with van der Waals surface area (Å²) in [4.78, 5) is 42.1. The molecule has 0 saturated heterocycles. The normalized spacial score (nSPS) is 15.8. The van der Waals surface area contributed by atoms with Gasteiger partial charge in [0.25, 0.3) is 11.8 Å². The topological polar surface area (TPSA) is 79.0 Å². The molecule has 1 aromatic carbocycles. The molecule has 2 rings (SSSR count). The SMILES string of the molecule is CCNC(=O)CCCN1C(=O)C(C)(C)Oc2cc(C)c(C(=O)N(C(C)C)[C@H](C)CC)cc21. The zero-order valence-electron chi connectivity index (χ0n) is 20.9. The van der Waals surface area contributed by atoms with Crippen LogP contribution in [0.4, 0.5) is 5.69 Å². The maximum atomic E-state index is 13.5. The molecular formula is C25H39N3O4. The van der Waals surface area contributed by atoms with Gasteiger partial charge in [0.1, 0.15) is 5.75 Å². The molecule has 0 aliphatic carbocycles. The maximum Gasteiger partial charge on any atom is 0.270 e. The zero-order valence-corrected chi connectivity index (χ0v) is 20.9. The van der Waals surface area contributed by atoms with Crippen LogP contribution >= 0.6 is 0 Å². The number of benzene rings is 1. The van der Waals surface area contributed by atoms with Crippen LogP contribution in [0.25, 0.3) is 0 Å². The molecule has 0 bridgehead atoms. The van der Waals surface area contributed by atoms with E-state index in [1.165, 1.54) is 0 Å². The van der Waals surface area contributed by atoms with Crippen molar-refractivity contribution >= 4 is 23.4 Å². The smallest absolute Gasteiger partial charge is 0.270 e. The quantitative estimate of drug-likeness (QED) is 0.622. The average molecular weight is 446 g/mol. The fourth-order valence-electron chi connectivity index (χ4n) is 4.13. The second-order valence-electron chi connectivity index (χ2n) is 9.32. The largest absolute Gasteiger partial charge is 0.476 e. The summed E-state index contributed by atoms with van der Waals surface area (Å²) in [6, 6.07) is 3.79. The predicted molar refractivity (Wildman–Crippen MR) is 127 cm³/mol. The van der Waals surface area contributed by atoms with Crippen molar-refractivity contribution in [1.82, 2.24) is 10.2 Å². The minimum atomic E-state index is -1.02. The summed E-state index contributed by atoms with van der Waals surface area (Å²) < 4.78 is 6.02. The molecule has 32 heavy (non-hydrogen) atoms. The van der Waals surface area contributed by atoms with Gasteiger partial charge in [0.2, 0.25) is 5.91 Å². The molecule has 1 N–H and O–H groups in total. The highest BCUT2D eigenvalue weighted by atomic mass is 16.5. The van der Waals surface area contributed by atoms with Gasteiger partial charge in [-0.15, -0.1) is 0 Å². The van der Waals surface area contributed by atoms with Crippen LogP contribution in [-0.4, -0.2) is 53.4 Å². The molecule has 1 atom stereocenters. The number of fused-ring (bicyclic) bond motifs is 1. The second-order valence-corrected chi connectivity index (χ2v) is 9.32. The number of anilines is 1. The summed E-state index contributed by atoms with van der Waals surface area (Å²) >= 11 is 0. The lowest BCUT2D eigenvalue weighted by Gasteiger charge is -2.40. The van der Waals surface area contributed by atoms with Crippen molar-refractivity contribution in [2.45, 2.75) is 92.3 Å². The zero-order chi connectivity index (χ0) is 24.2. The fourth-order valence-corrected chi connectivity index (χ4v) is 4.13. The van der Waals surface area contributed by atoms with E-state index in [0.717, 1.165) is 12.0 Å². The molecule has 0 spiro atoms. The van der Waals surface area contributed by atoms with Crippen LogP contribution in [-0.2, 0) is 9.59 Å². The van der Waals surface area contributed by atoms with E-state index >= 15 is 0 Å². The molecule has 1 aromatic rings. The summed E-state index contributed by atoms with van der Waals surface area (Å²) in [5.74, 6) is 0.329. The van der Waals surface area contributed by atoms with Gasteiger partial charge >= 0.3 is 0 Å². The van der Waals surface area contributed by atoms with Crippen LogP contribution in [0.15, 0.2) is 12.1 Å². The number of amides is 3. The lowest BCUT2D eigenvalue weighted by Crippen LogP contribution is -2.53. The van der Waals surface area contributed by atoms with Crippen molar-refractivity contribution in [2.24, 2.45) is 0 Å². The van der Waals surface area contributed by atoms with E-state index in [1.807, 2.05) is 38.7 Å². The van der Waals surface area contributed by atoms with Crippen LogP contribution in [0.1, 0.15) is 83.7 Å². The molecule has 1 heterocycles. The van der Waals surface area contributed by atoms with E-state index in [1.54, 1.807) is 24.8 Å². The molecule has 178 valence electrons. The standard InChI is InChI=1S/C25H39N3O4/c1-9-18(6)28(16(3)4)23(30)19-15-20-21(14-17(19)5)32-25(7,8)24(31)27(20)13-11-12-22(29)26-10-2/h14-16,18H,9-13H2,1-8H3,(H,26,29)/t18-/m1/s1. The molecule has 1 aliphatic heterocycles. The van der Waals surface area contributed by atoms with Crippen molar-refractivity contribution in [2.75, 3.05) is 18.0 Å². The number of nitrogens with zero attached hydrogens (tertiary/aromatic N) is 2. The van der Waals surface area contributed by atoms with E-state index in [0.29, 0.717) is 42.9 Å². The van der Waals surface area contributed by atoms with Gasteiger partial charge in [-0.25, -0.2) is 0 Å². The summed E-state index contributed by atoms with van der Waals surface area (Å²) in [5.41, 5.74) is 0.960. The van der Waals surface area contributed by atoms with Gasteiger partial charge in [0.15, 0.2) is 5.60 Å². The molecule has 0 unspecified atom stereocenters. The first kappa shape index (κ1) is 25.7. The first-order chi connectivity index (χ1) is 14.9. The molecule has 0 radical (unpaired) electrons. The molecule has 7 nitrogen and oxygen atoms in total. The molecule has 7 heteroatoms. The lowest BCUT2D eigenvalue weighted by atomic mass is 9.98. The van der Waals surface area contributed by atoms with Gasteiger partial charge in [-0.1, -0.05) is 6.92 Å². The van der Waals surface area contributed by atoms with Gasteiger partial charge in [-0.05, 0) is 79.0 Å². The predicted octanol–water partition coefficient (Wildman–Crippen LogP) is 4.06. The summed E-state index contributed by atoms with van der Waals surface area (Å²) in [6.45, 7) is 16.4. The Morgan fingerprint density at radius 2 is 1.84 bits per heavy atom. The Morgan fingerprint density at radius 3 is 2.41 bits per heavy atom. The maximum absolute atomic E-state index is 13.5.